The molecule has 0 unspecified atom stereocenters. The Morgan fingerprint density at radius 1 is 1.29 bits per heavy atom. The van der Waals surface area contributed by atoms with Crippen LogP contribution >= 0.6 is 11.3 Å². The number of aromatic nitrogens is 2. The summed E-state index contributed by atoms with van der Waals surface area (Å²) in [4.78, 5) is 8.42. The summed E-state index contributed by atoms with van der Waals surface area (Å²) in [6.07, 6.45) is 5.65. The van der Waals surface area contributed by atoms with E-state index < -0.39 is 10.0 Å². The van der Waals surface area contributed by atoms with Gasteiger partial charge in [0.2, 0.25) is 0 Å². The normalized spacial score (nSPS) is 11.9. The second kappa shape index (κ2) is 6.47. The average Bonchev–Trinajstić information content (AvgIpc) is 2.93. The maximum absolute atomic E-state index is 12.1. The van der Waals surface area contributed by atoms with Gasteiger partial charge >= 0.3 is 0 Å². The van der Waals surface area contributed by atoms with Crippen LogP contribution in [0.5, 0.6) is 0 Å². The Morgan fingerprint density at radius 2 is 2.10 bits per heavy atom. The molecule has 0 radical (unpaired) electrons. The molecular weight excluding hydrogens is 306 g/mol. The summed E-state index contributed by atoms with van der Waals surface area (Å²) in [6.45, 7) is 6.95. The van der Waals surface area contributed by atoms with Crippen molar-refractivity contribution in [2.75, 3.05) is 4.72 Å². The van der Waals surface area contributed by atoms with Gasteiger partial charge in [-0.15, -0.1) is 11.3 Å². The number of anilines is 1. The SMILES string of the molecule is C=C/C=C(\C=C)S(=O)(=O)Nc1nc(-c2ccccn2)cs1. The molecule has 5 nitrogen and oxygen atoms in total. The topological polar surface area (TPSA) is 72.0 Å². The first kappa shape index (κ1) is 15.1. The van der Waals surface area contributed by atoms with Crippen LogP contribution in [0.4, 0.5) is 5.13 Å². The van der Waals surface area contributed by atoms with Gasteiger partial charge in [0, 0.05) is 11.6 Å². The summed E-state index contributed by atoms with van der Waals surface area (Å²) in [5.74, 6) is 0. The molecule has 0 aliphatic carbocycles. The fourth-order valence-electron chi connectivity index (χ4n) is 1.51. The number of rotatable bonds is 6. The van der Waals surface area contributed by atoms with Crippen LogP contribution in [-0.4, -0.2) is 18.4 Å². The van der Waals surface area contributed by atoms with Crippen molar-refractivity contribution in [1.29, 1.82) is 0 Å². The van der Waals surface area contributed by atoms with E-state index in [9.17, 15) is 8.42 Å². The van der Waals surface area contributed by atoms with Gasteiger partial charge in [0.25, 0.3) is 10.0 Å². The Hall–Kier alpha value is -2.25. The predicted octanol–water partition coefficient (Wildman–Crippen LogP) is 3.20. The molecule has 0 aliphatic heterocycles. The van der Waals surface area contributed by atoms with Crippen LogP contribution in [-0.2, 0) is 10.0 Å². The molecule has 21 heavy (non-hydrogen) atoms. The zero-order valence-electron chi connectivity index (χ0n) is 11.1. The van der Waals surface area contributed by atoms with Gasteiger partial charge in [-0.05, 0) is 24.3 Å². The second-order valence-electron chi connectivity index (χ2n) is 3.87. The van der Waals surface area contributed by atoms with Crippen LogP contribution < -0.4 is 4.72 Å². The Balaban J connectivity index is 2.26. The molecule has 0 saturated heterocycles. The molecule has 0 spiro atoms. The number of thiazole rings is 1. The largest absolute Gasteiger partial charge is 0.263 e. The number of nitrogens with one attached hydrogen (secondary N) is 1. The highest BCUT2D eigenvalue weighted by Gasteiger charge is 2.16. The van der Waals surface area contributed by atoms with Gasteiger partial charge in [0.05, 0.1) is 10.6 Å². The van der Waals surface area contributed by atoms with E-state index in [0.29, 0.717) is 11.4 Å². The lowest BCUT2D eigenvalue weighted by Gasteiger charge is -2.04. The summed E-state index contributed by atoms with van der Waals surface area (Å²) in [5.41, 5.74) is 1.30. The highest BCUT2D eigenvalue weighted by atomic mass is 32.2. The van der Waals surface area contributed by atoms with E-state index in [1.807, 2.05) is 6.07 Å². The van der Waals surface area contributed by atoms with Crippen LogP contribution in [0, 0.1) is 0 Å². The van der Waals surface area contributed by atoms with E-state index in [-0.39, 0.29) is 10.0 Å². The second-order valence-corrected chi connectivity index (χ2v) is 6.41. The monoisotopic (exact) mass is 319 g/mol. The van der Waals surface area contributed by atoms with Crippen molar-refractivity contribution in [2.24, 2.45) is 0 Å². The van der Waals surface area contributed by atoms with Crippen LogP contribution in [0.3, 0.4) is 0 Å². The van der Waals surface area contributed by atoms with Crippen molar-refractivity contribution in [3.05, 3.63) is 66.1 Å². The Labute approximate surface area is 127 Å². The molecule has 0 atom stereocenters. The quantitative estimate of drug-likeness (QED) is 0.830. The van der Waals surface area contributed by atoms with E-state index in [1.165, 1.54) is 29.6 Å². The average molecular weight is 319 g/mol. The van der Waals surface area contributed by atoms with Gasteiger partial charge in [-0.1, -0.05) is 25.3 Å². The number of nitrogens with zero attached hydrogens (tertiary/aromatic N) is 2. The van der Waals surface area contributed by atoms with E-state index in [0.717, 1.165) is 0 Å². The molecule has 0 amide bonds. The molecule has 0 fully saturated rings. The number of allylic oxidation sites excluding steroid dienone is 3. The molecule has 2 rings (SSSR count). The maximum Gasteiger partial charge on any atom is 0.263 e. The highest BCUT2D eigenvalue weighted by Crippen LogP contribution is 2.25. The van der Waals surface area contributed by atoms with Crippen molar-refractivity contribution in [3.63, 3.8) is 0 Å². The number of hydrogen-bond donors (Lipinski definition) is 1. The fraction of sp³-hybridized carbons (Fsp3) is 0. The molecule has 0 aromatic carbocycles. The molecule has 0 bridgehead atoms. The molecule has 0 saturated carbocycles. The standard InChI is InChI=1S/C14H13N3O2S2/c1-3-7-11(4-2)21(18,19)17-14-16-13(10-20-14)12-8-5-6-9-15-12/h3-10H,1-2H2,(H,16,17)/b11-7+. The summed E-state index contributed by atoms with van der Waals surface area (Å²) in [7, 11) is -3.71. The number of pyridine rings is 1. The van der Waals surface area contributed by atoms with Crippen LogP contribution in [0.2, 0.25) is 0 Å². The van der Waals surface area contributed by atoms with E-state index in [4.69, 9.17) is 0 Å². The molecule has 1 N–H and O–H groups in total. The third kappa shape index (κ3) is 3.65. The first-order valence-electron chi connectivity index (χ1n) is 5.91. The van der Waals surface area contributed by atoms with Gasteiger partial charge in [-0.3, -0.25) is 9.71 Å². The molecule has 7 heteroatoms. The van der Waals surface area contributed by atoms with Crippen LogP contribution in [0.1, 0.15) is 0 Å². The fourth-order valence-corrected chi connectivity index (χ4v) is 3.47. The van der Waals surface area contributed by atoms with Crippen molar-refractivity contribution >= 4 is 26.5 Å². The van der Waals surface area contributed by atoms with Gasteiger partial charge in [-0.25, -0.2) is 13.4 Å². The maximum atomic E-state index is 12.1. The molecular formula is C14H13N3O2S2. The van der Waals surface area contributed by atoms with Crippen molar-refractivity contribution < 1.29 is 8.42 Å². The van der Waals surface area contributed by atoms with Crippen molar-refractivity contribution in [2.45, 2.75) is 0 Å². The first-order valence-corrected chi connectivity index (χ1v) is 8.28. The minimum absolute atomic E-state index is 0.0343. The molecule has 2 aromatic rings. The lowest BCUT2D eigenvalue weighted by molar-refractivity contribution is 0.608. The van der Waals surface area contributed by atoms with Gasteiger partial charge in [0.1, 0.15) is 5.69 Å². The van der Waals surface area contributed by atoms with Crippen molar-refractivity contribution in [1.82, 2.24) is 9.97 Å². The number of hydrogen-bond acceptors (Lipinski definition) is 5. The third-order valence-electron chi connectivity index (χ3n) is 2.45. The van der Waals surface area contributed by atoms with Gasteiger partial charge in [-0.2, -0.15) is 0 Å². The summed E-state index contributed by atoms with van der Waals surface area (Å²) in [5, 5.41) is 2.01. The highest BCUT2D eigenvalue weighted by molar-refractivity contribution is 7.96. The number of sulfonamides is 1. The smallest absolute Gasteiger partial charge is 0.255 e. The van der Waals surface area contributed by atoms with E-state index in [1.54, 1.807) is 23.7 Å². The Morgan fingerprint density at radius 3 is 2.71 bits per heavy atom. The Bertz CT molecular complexity index is 778. The minimum Gasteiger partial charge on any atom is -0.255 e. The molecule has 2 heterocycles. The lowest BCUT2D eigenvalue weighted by atomic mass is 10.3. The zero-order chi connectivity index (χ0) is 15.3. The van der Waals surface area contributed by atoms with Crippen molar-refractivity contribution in [3.8, 4) is 11.4 Å². The van der Waals surface area contributed by atoms with Gasteiger partial charge < -0.3 is 0 Å². The van der Waals surface area contributed by atoms with Gasteiger partial charge in [0.15, 0.2) is 5.13 Å². The third-order valence-corrected chi connectivity index (χ3v) is 4.72. The van der Waals surface area contributed by atoms with Crippen LogP contribution in [0.15, 0.2) is 66.1 Å². The first-order chi connectivity index (χ1) is 10.1. The van der Waals surface area contributed by atoms with Crippen LogP contribution in [0.25, 0.3) is 11.4 Å². The molecule has 2 aromatic heterocycles. The van der Waals surface area contributed by atoms with E-state index in [2.05, 4.69) is 27.8 Å². The summed E-state index contributed by atoms with van der Waals surface area (Å²) >= 11 is 1.19. The lowest BCUT2D eigenvalue weighted by Crippen LogP contribution is -2.13. The minimum atomic E-state index is -3.71. The van der Waals surface area contributed by atoms with E-state index >= 15 is 0 Å². The Kier molecular flexibility index (Phi) is 4.66. The zero-order valence-corrected chi connectivity index (χ0v) is 12.7. The summed E-state index contributed by atoms with van der Waals surface area (Å²) < 4.78 is 26.6. The molecule has 0 aliphatic rings. The molecule has 108 valence electrons. The summed E-state index contributed by atoms with van der Waals surface area (Å²) in [6, 6.07) is 5.45. The predicted molar refractivity (Wildman–Crippen MR) is 86.4 cm³/mol.